The van der Waals surface area contributed by atoms with Gasteiger partial charge >= 0.3 is 0 Å². The number of sulfonamides is 2. The Morgan fingerprint density at radius 2 is 1.73 bits per heavy atom. The molecule has 0 saturated heterocycles. The Morgan fingerprint density at radius 3 is 2.33 bits per heavy atom. The molecule has 0 bridgehead atoms. The topological polar surface area (TPSA) is 95.1 Å². The predicted octanol–water partition coefficient (Wildman–Crippen LogP) is 2.35. The first-order valence-corrected chi connectivity index (χ1v) is 13.4. The lowest BCUT2D eigenvalue weighted by molar-refractivity contribution is -0.118. The summed E-state index contributed by atoms with van der Waals surface area (Å²) in [4.78, 5) is 14.5. The van der Waals surface area contributed by atoms with Crippen molar-refractivity contribution in [3.63, 3.8) is 0 Å². The van der Waals surface area contributed by atoms with Crippen LogP contribution in [0.3, 0.4) is 0 Å². The van der Waals surface area contributed by atoms with Crippen LogP contribution < -0.4 is 9.21 Å². The van der Waals surface area contributed by atoms with Crippen molar-refractivity contribution in [1.82, 2.24) is 4.31 Å². The zero-order chi connectivity index (χ0) is 24.6. The molecule has 0 radical (unpaired) electrons. The van der Waals surface area contributed by atoms with E-state index in [1.165, 1.54) is 20.2 Å². The minimum absolute atomic E-state index is 0.0207. The summed E-state index contributed by atoms with van der Waals surface area (Å²) in [6.07, 6.45) is 1.63. The minimum atomic E-state index is -3.78. The standard InChI is InChI=1S/C21H25F2N3O5S2/c1-24(2)33(30,31)17-7-9-20-15(13-17)10-12-25(20)21(27)5-4-11-26(32(3,28)29)16-6-8-18(22)19(23)14-16/h6-9,13-14H,4-5,10-12H2,1-3H3. The van der Waals surface area contributed by atoms with Gasteiger partial charge in [-0.3, -0.25) is 9.10 Å². The molecular weight excluding hydrogens is 476 g/mol. The fourth-order valence-corrected chi connectivity index (χ4v) is 5.55. The molecule has 2 aromatic rings. The number of fused-ring (bicyclic) bond motifs is 1. The van der Waals surface area contributed by atoms with Gasteiger partial charge in [-0.15, -0.1) is 0 Å². The molecular formula is C21H25F2N3O5S2. The van der Waals surface area contributed by atoms with Gasteiger partial charge in [-0.25, -0.2) is 29.9 Å². The van der Waals surface area contributed by atoms with Crippen molar-refractivity contribution in [2.45, 2.75) is 24.2 Å². The van der Waals surface area contributed by atoms with Gasteiger partial charge in [0, 0.05) is 45.4 Å². The van der Waals surface area contributed by atoms with Crippen LogP contribution in [-0.4, -0.2) is 60.5 Å². The minimum Gasteiger partial charge on any atom is -0.312 e. The lowest BCUT2D eigenvalue weighted by Gasteiger charge is -2.23. The average Bonchev–Trinajstić information content (AvgIpc) is 3.15. The van der Waals surface area contributed by atoms with Crippen LogP contribution in [0.5, 0.6) is 0 Å². The second kappa shape index (κ2) is 9.35. The number of nitrogens with zero attached hydrogens (tertiary/aromatic N) is 3. The first kappa shape index (κ1) is 25.1. The molecule has 3 rings (SSSR count). The fourth-order valence-electron chi connectivity index (χ4n) is 3.64. The van der Waals surface area contributed by atoms with Crippen LogP contribution in [0, 0.1) is 11.6 Å². The fraction of sp³-hybridized carbons (Fsp3) is 0.381. The number of benzene rings is 2. The van der Waals surface area contributed by atoms with Crippen LogP contribution in [0.4, 0.5) is 20.2 Å². The van der Waals surface area contributed by atoms with E-state index in [1.54, 1.807) is 17.0 Å². The van der Waals surface area contributed by atoms with Crippen LogP contribution in [-0.2, 0) is 31.3 Å². The van der Waals surface area contributed by atoms with Crippen LogP contribution in [0.25, 0.3) is 0 Å². The first-order chi connectivity index (χ1) is 15.3. The van der Waals surface area contributed by atoms with Gasteiger partial charge in [0.1, 0.15) is 0 Å². The third-order valence-electron chi connectivity index (χ3n) is 5.37. The number of rotatable bonds is 8. The smallest absolute Gasteiger partial charge is 0.242 e. The highest BCUT2D eigenvalue weighted by molar-refractivity contribution is 7.92. The maximum atomic E-state index is 13.6. The van der Waals surface area contributed by atoms with E-state index in [9.17, 15) is 30.4 Å². The van der Waals surface area contributed by atoms with E-state index < -0.39 is 31.7 Å². The molecule has 0 saturated carbocycles. The molecule has 0 atom stereocenters. The normalized spacial score (nSPS) is 13.9. The molecule has 12 heteroatoms. The summed E-state index contributed by atoms with van der Waals surface area (Å²) in [5.41, 5.74) is 1.34. The third kappa shape index (κ3) is 5.33. The van der Waals surface area contributed by atoms with E-state index >= 15 is 0 Å². The van der Waals surface area contributed by atoms with Gasteiger partial charge in [0.2, 0.25) is 26.0 Å². The molecule has 1 aliphatic heterocycles. The van der Waals surface area contributed by atoms with E-state index in [0.717, 1.165) is 38.6 Å². The zero-order valence-electron chi connectivity index (χ0n) is 18.5. The summed E-state index contributed by atoms with van der Waals surface area (Å²) in [7, 11) is -4.48. The Morgan fingerprint density at radius 1 is 1.03 bits per heavy atom. The number of amides is 1. The Hall–Kier alpha value is -2.57. The average molecular weight is 502 g/mol. The van der Waals surface area contributed by atoms with Crippen molar-refractivity contribution >= 4 is 37.3 Å². The van der Waals surface area contributed by atoms with Crippen molar-refractivity contribution < 1.29 is 30.4 Å². The summed E-state index contributed by atoms with van der Waals surface area (Å²) in [5.74, 6) is -2.49. The molecule has 0 aliphatic carbocycles. The maximum Gasteiger partial charge on any atom is 0.242 e. The van der Waals surface area contributed by atoms with Gasteiger partial charge in [-0.05, 0) is 48.7 Å². The Kier molecular flexibility index (Phi) is 7.10. The molecule has 33 heavy (non-hydrogen) atoms. The van der Waals surface area contributed by atoms with Gasteiger partial charge in [0.05, 0.1) is 16.8 Å². The lowest BCUT2D eigenvalue weighted by Crippen LogP contribution is -2.33. The quantitative estimate of drug-likeness (QED) is 0.554. The van der Waals surface area contributed by atoms with E-state index in [1.807, 2.05) is 0 Å². The molecule has 1 aliphatic rings. The van der Waals surface area contributed by atoms with Crippen molar-refractivity contribution in [3.8, 4) is 0 Å². The van der Waals surface area contributed by atoms with Gasteiger partial charge in [-0.1, -0.05) is 0 Å². The zero-order valence-corrected chi connectivity index (χ0v) is 20.1. The number of hydrogen-bond acceptors (Lipinski definition) is 5. The number of carbonyl (C=O) groups is 1. The monoisotopic (exact) mass is 501 g/mol. The Balaban J connectivity index is 1.70. The molecule has 0 aromatic heterocycles. The molecule has 0 unspecified atom stereocenters. The van der Waals surface area contributed by atoms with E-state index in [4.69, 9.17) is 0 Å². The number of anilines is 2. The van der Waals surface area contributed by atoms with Crippen LogP contribution in [0.1, 0.15) is 18.4 Å². The van der Waals surface area contributed by atoms with Crippen molar-refractivity contribution in [2.24, 2.45) is 0 Å². The van der Waals surface area contributed by atoms with Crippen molar-refractivity contribution in [1.29, 1.82) is 0 Å². The van der Waals surface area contributed by atoms with Gasteiger partial charge < -0.3 is 4.90 Å². The summed E-state index contributed by atoms with van der Waals surface area (Å²) >= 11 is 0. The SMILES string of the molecule is CN(C)S(=O)(=O)c1ccc2c(c1)CCN2C(=O)CCCN(c1ccc(F)c(F)c1)S(C)(=O)=O. The van der Waals surface area contributed by atoms with Crippen molar-refractivity contribution in [2.75, 3.05) is 42.6 Å². The van der Waals surface area contributed by atoms with Gasteiger partial charge in [-0.2, -0.15) is 0 Å². The Labute approximate surface area is 192 Å². The molecule has 0 spiro atoms. The molecule has 180 valence electrons. The number of halogens is 2. The van der Waals surface area contributed by atoms with Crippen LogP contribution >= 0.6 is 0 Å². The van der Waals surface area contributed by atoms with Crippen molar-refractivity contribution in [3.05, 3.63) is 53.6 Å². The van der Waals surface area contributed by atoms with Gasteiger partial charge in [0.25, 0.3) is 0 Å². The highest BCUT2D eigenvalue weighted by Gasteiger charge is 2.27. The van der Waals surface area contributed by atoms with E-state index in [-0.39, 0.29) is 35.9 Å². The molecule has 1 heterocycles. The number of hydrogen-bond donors (Lipinski definition) is 0. The Bertz CT molecular complexity index is 1280. The van der Waals surface area contributed by atoms with Gasteiger partial charge in [0.15, 0.2) is 11.6 Å². The largest absolute Gasteiger partial charge is 0.312 e. The van der Waals surface area contributed by atoms with E-state index in [2.05, 4.69) is 0 Å². The highest BCUT2D eigenvalue weighted by Crippen LogP contribution is 2.31. The predicted molar refractivity (Wildman–Crippen MR) is 121 cm³/mol. The van der Waals surface area contributed by atoms with E-state index in [0.29, 0.717) is 18.7 Å². The molecule has 8 nitrogen and oxygen atoms in total. The van der Waals surface area contributed by atoms with Crippen LogP contribution in [0.2, 0.25) is 0 Å². The second-order valence-corrected chi connectivity index (χ2v) is 12.0. The summed E-state index contributed by atoms with van der Waals surface area (Å²) in [6.45, 7) is 0.301. The number of carbonyl (C=O) groups excluding carboxylic acids is 1. The summed E-state index contributed by atoms with van der Waals surface area (Å²) < 4.78 is 77.8. The molecule has 0 fully saturated rings. The summed E-state index contributed by atoms with van der Waals surface area (Å²) in [5, 5.41) is 0. The molecule has 2 aromatic carbocycles. The molecule has 1 amide bonds. The second-order valence-electron chi connectivity index (χ2n) is 7.91. The highest BCUT2D eigenvalue weighted by atomic mass is 32.2. The molecule has 0 N–H and O–H groups in total. The third-order valence-corrected chi connectivity index (χ3v) is 8.37. The van der Waals surface area contributed by atoms with Crippen LogP contribution in [0.15, 0.2) is 41.3 Å². The first-order valence-electron chi connectivity index (χ1n) is 10.1. The lowest BCUT2D eigenvalue weighted by atomic mass is 10.2. The summed E-state index contributed by atoms with van der Waals surface area (Å²) in [6, 6.07) is 7.42. The maximum absolute atomic E-state index is 13.6.